The smallest absolute Gasteiger partial charge is 0.416 e. The number of furan rings is 1. The molecule has 0 saturated heterocycles. The van der Waals surface area contributed by atoms with E-state index < -0.39 is 11.7 Å². The number of carbonyl (C=O) groups excluding carboxylic acids is 1. The second-order valence-corrected chi connectivity index (χ2v) is 7.92. The van der Waals surface area contributed by atoms with Gasteiger partial charge in [0, 0.05) is 9.77 Å². The molecule has 0 aliphatic carbocycles. The molecule has 1 amide bonds. The molecule has 0 aromatic carbocycles. The summed E-state index contributed by atoms with van der Waals surface area (Å²) in [6, 6.07) is 5.40. The van der Waals surface area contributed by atoms with Gasteiger partial charge in [0.05, 0.1) is 12.8 Å². The van der Waals surface area contributed by atoms with Crippen LogP contribution in [-0.4, -0.2) is 26.3 Å². The average molecular weight is 475 g/mol. The second-order valence-electron chi connectivity index (χ2n) is 6.34. The fourth-order valence-corrected chi connectivity index (χ4v) is 2.95. The van der Waals surface area contributed by atoms with Gasteiger partial charge in [-0.3, -0.25) is 4.90 Å². The highest BCUT2D eigenvalue weighted by Crippen LogP contribution is 2.26. The van der Waals surface area contributed by atoms with Crippen molar-refractivity contribution in [3.63, 3.8) is 0 Å². The maximum absolute atomic E-state index is 12.8. The Labute approximate surface area is 163 Å². The lowest BCUT2D eigenvalue weighted by Crippen LogP contribution is -2.37. The number of fused-ring (bicyclic) bond motifs is 1. The minimum atomic E-state index is -0.651. The molecule has 25 heavy (non-hydrogen) atoms. The molecule has 3 aromatic rings. The summed E-state index contributed by atoms with van der Waals surface area (Å²) in [6.45, 7) is 5.57. The zero-order valence-corrected chi connectivity index (χ0v) is 16.8. The number of hydrogen-bond donors (Lipinski definition) is 0. The van der Waals surface area contributed by atoms with E-state index in [1.807, 2.05) is 6.07 Å². The molecule has 0 aliphatic heterocycles. The van der Waals surface area contributed by atoms with Gasteiger partial charge in [0.2, 0.25) is 5.28 Å². The largest absolute Gasteiger partial charge is 0.467 e. The van der Waals surface area contributed by atoms with Crippen molar-refractivity contribution in [3.8, 4) is 0 Å². The van der Waals surface area contributed by atoms with Crippen LogP contribution in [0.15, 0.2) is 35.1 Å². The Balaban J connectivity index is 2.09. The summed E-state index contributed by atoms with van der Waals surface area (Å²) >= 11 is 8.21. The zero-order valence-electron chi connectivity index (χ0n) is 13.9. The summed E-state index contributed by atoms with van der Waals surface area (Å²) in [5.41, 5.74) is -0.00612. The standard InChI is InChI=1S/C16H16ClIN4O3/c1-16(2,3)25-15(23)21(9-11-5-4-6-24-11)13-12-7-10(18)8-22(12)20-14(17)19-13/h4-8H,9H2,1-3H3. The number of hydrogen-bond acceptors (Lipinski definition) is 5. The fraction of sp³-hybridized carbons (Fsp3) is 0.312. The van der Waals surface area contributed by atoms with Crippen LogP contribution in [0.25, 0.3) is 5.52 Å². The molecule has 132 valence electrons. The predicted octanol–water partition coefficient (Wildman–Crippen LogP) is 4.52. The summed E-state index contributed by atoms with van der Waals surface area (Å²) in [5.74, 6) is 0.952. The quantitative estimate of drug-likeness (QED) is 0.522. The molecular formula is C16H16ClIN4O3. The SMILES string of the molecule is CC(C)(C)OC(=O)N(Cc1ccco1)c1nc(Cl)nn2cc(I)cc12. The molecule has 0 bridgehead atoms. The van der Waals surface area contributed by atoms with Crippen molar-refractivity contribution in [2.45, 2.75) is 32.9 Å². The van der Waals surface area contributed by atoms with Gasteiger partial charge < -0.3 is 9.15 Å². The average Bonchev–Trinajstić information content (AvgIpc) is 3.10. The van der Waals surface area contributed by atoms with Crippen LogP contribution in [-0.2, 0) is 11.3 Å². The van der Waals surface area contributed by atoms with E-state index >= 15 is 0 Å². The van der Waals surface area contributed by atoms with Crippen molar-refractivity contribution in [2.75, 3.05) is 4.90 Å². The number of ether oxygens (including phenoxy) is 1. The normalized spacial score (nSPS) is 11.7. The maximum atomic E-state index is 12.8. The predicted molar refractivity (Wildman–Crippen MR) is 102 cm³/mol. The van der Waals surface area contributed by atoms with Gasteiger partial charge in [0.1, 0.15) is 16.9 Å². The molecule has 3 rings (SSSR count). The number of carbonyl (C=O) groups is 1. The Morgan fingerprint density at radius 3 is 2.88 bits per heavy atom. The van der Waals surface area contributed by atoms with Gasteiger partial charge in [0.25, 0.3) is 0 Å². The van der Waals surface area contributed by atoms with Crippen LogP contribution in [0, 0.1) is 3.57 Å². The van der Waals surface area contributed by atoms with E-state index in [2.05, 4.69) is 32.7 Å². The summed E-state index contributed by atoms with van der Waals surface area (Å²) in [4.78, 5) is 18.4. The van der Waals surface area contributed by atoms with Gasteiger partial charge in [0.15, 0.2) is 5.82 Å². The third kappa shape index (κ3) is 4.24. The molecule has 0 saturated carbocycles. The lowest BCUT2D eigenvalue weighted by Gasteiger charge is -2.26. The number of halogens is 2. The number of rotatable bonds is 3. The molecular weight excluding hydrogens is 459 g/mol. The van der Waals surface area contributed by atoms with Crippen LogP contribution in [0.5, 0.6) is 0 Å². The lowest BCUT2D eigenvalue weighted by atomic mass is 10.2. The van der Waals surface area contributed by atoms with Crippen molar-refractivity contribution in [1.82, 2.24) is 14.6 Å². The van der Waals surface area contributed by atoms with E-state index in [1.54, 1.807) is 49.9 Å². The van der Waals surface area contributed by atoms with Crippen molar-refractivity contribution < 1.29 is 13.9 Å². The first-order valence-electron chi connectivity index (χ1n) is 7.47. The van der Waals surface area contributed by atoms with Gasteiger partial charge in [-0.25, -0.2) is 9.31 Å². The molecule has 7 nitrogen and oxygen atoms in total. The maximum Gasteiger partial charge on any atom is 0.416 e. The highest BCUT2D eigenvalue weighted by atomic mass is 127. The Morgan fingerprint density at radius 2 is 2.24 bits per heavy atom. The van der Waals surface area contributed by atoms with E-state index in [1.165, 1.54) is 4.90 Å². The molecule has 0 unspecified atom stereocenters. The van der Waals surface area contributed by atoms with Crippen molar-refractivity contribution in [3.05, 3.63) is 45.3 Å². The van der Waals surface area contributed by atoms with Crippen LogP contribution in [0.4, 0.5) is 10.6 Å². The third-order valence-corrected chi connectivity index (χ3v) is 3.90. The number of nitrogens with zero attached hydrogens (tertiary/aromatic N) is 4. The van der Waals surface area contributed by atoms with Gasteiger partial charge in [-0.2, -0.15) is 4.98 Å². The minimum Gasteiger partial charge on any atom is -0.467 e. The first kappa shape index (κ1) is 18.0. The van der Waals surface area contributed by atoms with Crippen LogP contribution in [0.1, 0.15) is 26.5 Å². The van der Waals surface area contributed by atoms with Crippen molar-refractivity contribution in [2.24, 2.45) is 0 Å². The van der Waals surface area contributed by atoms with Gasteiger partial charge in [-0.15, -0.1) is 5.10 Å². The molecule has 0 fully saturated rings. The second kappa shape index (κ2) is 6.83. The number of aromatic nitrogens is 3. The van der Waals surface area contributed by atoms with E-state index in [-0.39, 0.29) is 11.8 Å². The summed E-state index contributed by atoms with van der Waals surface area (Å²) in [7, 11) is 0. The zero-order chi connectivity index (χ0) is 18.2. The van der Waals surface area contributed by atoms with Crippen LogP contribution >= 0.6 is 34.2 Å². The Morgan fingerprint density at radius 1 is 1.48 bits per heavy atom. The summed E-state index contributed by atoms with van der Waals surface area (Å²) in [5, 5.41) is 4.16. The van der Waals surface area contributed by atoms with Crippen LogP contribution < -0.4 is 4.90 Å². The lowest BCUT2D eigenvalue weighted by molar-refractivity contribution is 0.0574. The molecule has 0 N–H and O–H groups in total. The fourth-order valence-electron chi connectivity index (χ4n) is 2.23. The van der Waals surface area contributed by atoms with Crippen LogP contribution in [0.3, 0.4) is 0 Å². The summed E-state index contributed by atoms with van der Waals surface area (Å²) < 4.78 is 13.4. The van der Waals surface area contributed by atoms with Gasteiger partial charge in [-0.1, -0.05) is 0 Å². The summed E-state index contributed by atoms with van der Waals surface area (Å²) in [6.07, 6.45) is 2.80. The molecule has 3 aromatic heterocycles. The van der Waals surface area contributed by atoms with E-state index in [0.717, 1.165) is 3.57 Å². The highest BCUT2D eigenvalue weighted by molar-refractivity contribution is 14.1. The van der Waals surface area contributed by atoms with Crippen molar-refractivity contribution in [1.29, 1.82) is 0 Å². The number of amides is 1. The van der Waals surface area contributed by atoms with E-state index in [0.29, 0.717) is 17.1 Å². The Kier molecular flexibility index (Phi) is 4.92. The molecule has 0 radical (unpaired) electrons. The highest BCUT2D eigenvalue weighted by Gasteiger charge is 2.28. The first-order valence-corrected chi connectivity index (χ1v) is 8.93. The van der Waals surface area contributed by atoms with Gasteiger partial charge in [-0.05, 0) is 73.2 Å². The Hall–Kier alpha value is -1.81. The molecule has 9 heteroatoms. The minimum absolute atomic E-state index is 0.0301. The Bertz CT molecular complexity index is 902. The van der Waals surface area contributed by atoms with Crippen LogP contribution in [0.2, 0.25) is 5.28 Å². The molecule has 0 aliphatic rings. The van der Waals surface area contributed by atoms with E-state index in [4.69, 9.17) is 20.8 Å². The molecule has 3 heterocycles. The monoisotopic (exact) mass is 474 g/mol. The van der Waals surface area contributed by atoms with E-state index in [9.17, 15) is 4.79 Å². The van der Waals surface area contributed by atoms with Crippen molar-refractivity contribution >= 4 is 51.6 Å². The molecule has 0 spiro atoms. The van der Waals surface area contributed by atoms with Gasteiger partial charge >= 0.3 is 6.09 Å². The first-order chi connectivity index (χ1) is 11.7. The third-order valence-electron chi connectivity index (χ3n) is 3.15. The number of anilines is 1. The molecule has 0 atom stereocenters. The topological polar surface area (TPSA) is 72.9 Å².